The Morgan fingerprint density at radius 2 is 1.95 bits per heavy atom. The third-order valence-electron chi connectivity index (χ3n) is 2.92. The average Bonchev–Trinajstić information content (AvgIpc) is 2.45. The third-order valence-corrected chi connectivity index (χ3v) is 3.65. The van der Waals surface area contributed by atoms with Gasteiger partial charge in [-0.05, 0) is 12.7 Å². The van der Waals surface area contributed by atoms with Crippen LogP contribution in [-0.2, 0) is 0 Å². The van der Waals surface area contributed by atoms with Crippen molar-refractivity contribution in [3.8, 4) is 11.5 Å². The molecule has 0 spiro atoms. The van der Waals surface area contributed by atoms with Crippen LogP contribution in [0.25, 0.3) is 0 Å². The van der Waals surface area contributed by atoms with E-state index in [0.29, 0.717) is 17.2 Å². The molecule has 1 unspecified atom stereocenters. The Kier molecular flexibility index (Phi) is 6.44. The number of hydrogen-bond acceptors (Lipinski definition) is 6. The Morgan fingerprint density at radius 1 is 1.35 bits per heavy atom. The predicted octanol–water partition coefficient (Wildman–Crippen LogP) is 3.17. The molecule has 0 amide bonds. The van der Waals surface area contributed by atoms with Crippen LogP contribution in [0.2, 0.25) is 0 Å². The third kappa shape index (κ3) is 3.93. The molecule has 0 aromatic heterocycles. The molecule has 7 heteroatoms. The summed E-state index contributed by atoms with van der Waals surface area (Å²) >= 11 is 1.70. The van der Waals surface area contributed by atoms with E-state index < -0.39 is 4.92 Å². The molecule has 0 fully saturated rings. The number of hydrogen-bond donors (Lipinski definition) is 1. The molecule has 6 nitrogen and oxygen atoms in total. The topological polar surface area (TPSA) is 73.6 Å². The van der Waals surface area contributed by atoms with E-state index in [2.05, 4.69) is 5.32 Å². The zero-order chi connectivity index (χ0) is 15.1. The number of nitro groups is 1. The van der Waals surface area contributed by atoms with Crippen molar-refractivity contribution in [1.82, 2.24) is 0 Å². The largest absolute Gasteiger partial charge is 0.493 e. The molecular formula is C13H20N2O4S. The van der Waals surface area contributed by atoms with E-state index in [-0.39, 0.29) is 11.7 Å². The van der Waals surface area contributed by atoms with Crippen molar-refractivity contribution in [3.05, 3.63) is 22.2 Å². The molecule has 112 valence electrons. The lowest BCUT2D eigenvalue weighted by Gasteiger charge is -2.18. The number of methoxy groups -OCH3 is 2. The van der Waals surface area contributed by atoms with Gasteiger partial charge in [0.05, 0.1) is 25.2 Å². The van der Waals surface area contributed by atoms with Crippen molar-refractivity contribution < 1.29 is 14.4 Å². The number of nitrogens with zero attached hydrogens (tertiary/aromatic N) is 1. The van der Waals surface area contributed by atoms with Crippen LogP contribution in [0.15, 0.2) is 12.1 Å². The second kappa shape index (κ2) is 7.84. The molecular weight excluding hydrogens is 280 g/mol. The summed E-state index contributed by atoms with van der Waals surface area (Å²) in [5.41, 5.74) is 0.441. The van der Waals surface area contributed by atoms with Crippen LogP contribution in [0.4, 0.5) is 11.4 Å². The molecule has 1 N–H and O–H groups in total. The fourth-order valence-electron chi connectivity index (χ4n) is 1.82. The first kappa shape index (κ1) is 16.4. The number of ether oxygens (including phenoxy) is 2. The van der Waals surface area contributed by atoms with Crippen LogP contribution < -0.4 is 14.8 Å². The molecule has 1 atom stereocenters. The molecule has 0 radical (unpaired) electrons. The Balaban J connectivity index is 3.18. The maximum atomic E-state index is 11.2. The lowest BCUT2D eigenvalue weighted by Crippen LogP contribution is -2.21. The first-order chi connectivity index (χ1) is 9.57. The van der Waals surface area contributed by atoms with E-state index in [1.165, 1.54) is 20.3 Å². The van der Waals surface area contributed by atoms with Crippen LogP contribution >= 0.6 is 11.8 Å². The van der Waals surface area contributed by atoms with Crippen molar-refractivity contribution in [2.45, 2.75) is 19.4 Å². The SMILES string of the molecule is CCC(CSC)Nc1cc(OC)c(OC)cc1[N+](=O)[O-]. The van der Waals surface area contributed by atoms with Gasteiger partial charge >= 0.3 is 0 Å². The van der Waals surface area contributed by atoms with Gasteiger partial charge in [0.1, 0.15) is 5.69 Å². The number of thioether (sulfide) groups is 1. The number of nitrogens with one attached hydrogen (secondary N) is 1. The molecule has 0 aliphatic carbocycles. The van der Waals surface area contributed by atoms with Crippen molar-refractivity contribution in [1.29, 1.82) is 0 Å². The summed E-state index contributed by atoms with van der Waals surface area (Å²) in [4.78, 5) is 10.8. The molecule has 20 heavy (non-hydrogen) atoms. The molecule has 0 heterocycles. The van der Waals surface area contributed by atoms with Gasteiger partial charge in [0, 0.05) is 17.9 Å². The first-order valence-corrected chi connectivity index (χ1v) is 7.62. The monoisotopic (exact) mass is 300 g/mol. The van der Waals surface area contributed by atoms with E-state index in [4.69, 9.17) is 9.47 Å². The summed E-state index contributed by atoms with van der Waals surface area (Å²) in [6, 6.07) is 3.16. The zero-order valence-corrected chi connectivity index (χ0v) is 13.0. The van der Waals surface area contributed by atoms with Gasteiger partial charge in [0.25, 0.3) is 5.69 Å². The summed E-state index contributed by atoms with van der Waals surface area (Å²) in [6.07, 6.45) is 2.89. The van der Waals surface area contributed by atoms with Gasteiger partial charge in [-0.3, -0.25) is 10.1 Å². The summed E-state index contributed by atoms with van der Waals surface area (Å²) in [7, 11) is 2.96. The highest BCUT2D eigenvalue weighted by atomic mass is 32.2. The van der Waals surface area contributed by atoms with E-state index in [1.807, 2.05) is 13.2 Å². The van der Waals surface area contributed by atoms with Gasteiger partial charge in [-0.2, -0.15) is 11.8 Å². The average molecular weight is 300 g/mol. The maximum absolute atomic E-state index is 11.2. The zero-order valence-electron chi connectivity index (χ0n) is 12.1. The lowest BCUT2D eigenvalue weighted by atomic mass is 10.2. The molecule has 0 saturated carbocycles. The van der Waals surface area contributed by atoms with Crippen LogP contribution in [0.3, 0.4) is 0 Å². The fourth-order valence-corrected chi connectivity index (χ4v) is 2.54. The molecule has 0 aliphatic heterocycles. The normalized spacial score (nSPS) is 11.8. The van der Waals surface area contributed by atoms with Crippen molar-refractivity contribution in [2.24, 2.45) is 0 Å². The number of anilines is 1. The van der Waals surface area contributed by atoms with Crippen LogP contribution in [0.5, 0.6) is 11.5 Å². The second-order valence-corrected chi connectivity index (χ2v) is 5.10. The molecule has 0 aliphatic rings. The lowest BCUT2D eigenvalue weighted by molar-refractivity contribution is -0.384. The number of rotatable bonds is 8. The second-order valence-electron chi connectivity index (χ2n) is 4.19. The van der Waals surface area contributed by atoms with E-state index in [1.54, 1.807) is 17.8 Å². The fraction of sp³-hybridized carbons (Fsp3) is 0.538. The summed E-state index contributed by atoms with van der Waals surface area (Å²) in [5, 5.41) is 14.4. The van der Waals surface area contributed by atoms with Gasteiger partial charge in [0.15, 0.2) is 11.5 Å². The minimum Gasteiger partial charge on any atom is -0.493 e. The van der Waals surface area contributed by atoms with Gasteiger partial charge < -0.3 is 14.8 Å². The smallest absolute Gasteiger partial charge is 0.296 e. The van der Waals surface area contributed by atoms with E-state index in [0.717, 1.165) is 12.2 Å². The van der Waals surface area contributed by atoms with Crippen molar-refractivity contribution in [2.75, 3.05) is 31.5 Å². The summed E-state index contributed by atoms with van der Waals surface area (Å²) in [5.74, 6) is 1.70. The van der Waals surface area contributed by atoms with Crippen molar-refractivity contribution in [3.63, 3.8) is 0 Å². The van der Waals surface area contributed by atoms with Gasteiger partial charge in [-0.1, -0.05) is 6.92 Å². The number of nitro benzene ring substituents is 1. The highest BCUT2D eigenvalue weighted by Crippen LogP contribution is 2.38. The van der Waals surface area contributed by atoms with Crippen LogP contribution in [-0.4, -0.2) is 37.2 Å². The highest BCUT2D eigenvalue weighted by Gasteiger charge is 2.21. The Labute approximate surface area is 123 Å². The molecule has 1 rings (SSSR count). The van der Waals surface area contributed by atoms with Crippen molar-refractivity contribution >= 4 is 23.1 Å². The van der Waals surface area contributed by atoms with E-state index in [9.17, 15) is 10.1 Å². The highest BCUT2D eigenvalue weighted by molar-refractivity contribution is 7.98. The molecule has 1 aromatic rings. The van der Waals surface area contributed by atoms with Gasteiger partial charge in [-0.15, -0.1) is 0 Å². The quantitative estimate of drug-likeness (QED) is 0.587. The summed E-state index contributed by atoms with van der Waals surface area (Å²) in [6.45, 7) is 2.04. The Bertz CT molecular complexity index is 468. The minimum absolute atomic E-state index is 0.0118. The maximum Gasteiger partial charge on any atom is 0.296 e. The predicted molar refractivity (Wildman–Crippen MR) is 82.3 cm³/mol. The Hall–Kier alpha value is -1.63. The summed E-state index contributed by atoms with van der Waals surface area (Å²) < 4.78 is 10.3. The van der Waals surface area contributed by atoms with Crippen LogP contribution in [0, 0.1) is 10.1 Å². The Morgan fingerprint density at radius 3 is 2.40 bits per heavy atom. The standard InChI is InChI=1S/C13H20N2O4S/c1-5-9(8-20-4)14-10-6-12(18-2)13(19-3)7-11(10)15(16)17/h6-7,9,14H,5,8H2,1-4H3. The molecule has 0 saturated heterocycles. The van der Waals surface area contributed by atoms with Crippen LogP contribution in [0.1, 0.15) is 13.3 Å². The van der Waals surface area contributed by atoms with E-state index >= 15 is 0 Å². The van der Waals surface area contributed by atoms with Gasteiger partial charge in [-0.25, -0.2) is 0 Å². The van der Waals surface area contributed by atoms with Gasteiger partial charge in [0.2, 0.25) is 0 Å². The molecule has 1 aromatic carbocycles. The first-order valence-electron chi connectivity index (χ1n) is 6.23. The number of benzene rings is 1. The minimum atomic E-state index is -0.421. The molecule has 0 bridgehead atoms.